The molecular formula is C25H14F5+. The second-order valence-corrected chi connectivity index (χ2v) is 6.60. The minimum atomic E-state index is -2.18. The lowest BCUT2D eigenvalue weighted by molar-refractivity contribution is 0.381. The van der Waals surface area contributed by atoms with Gasteiger partial charge in [0.05, 0.1) is 28.2 Å². The van der Waals surface area contributed by atoms with Gasteiger partial charge in [-0.2, -0.15) is 0 Å². The van der Waals surface area contributed by atoms with Crippen LogP contribution in [0.1, 0.15) is 16.7 Å². The van der Waals surface area contributed by atoms with Gasteiger partial charge in [0.2, 0.25) is 5.82 Å². The van der Waals surface area contributed by atoms with Crippen molar-refractivity contribution in [3.8, 4) is 11.1 Å². The van der Waals surface area contributed by atoms with Gasteiger partial charge in [0.25, 0.3) is 0 Å². The van der Waals surface area contributed by atoms with Crippen LogP contribution in [0.15, 0.2) is 84.9 Å². The fourth-order valence-electron chi connectivity index (χ4n) is 3.45. The first-order valence-electron chi connectivity index (χ1n) is 9.09. The van der Waals surface area contributed by atoms with Gasteiger partial charge in [-0.1, -0.05) is 18.2 Å². The van der Waals surface area contributed by atoms with E-state index in [-0.39, 0.29) is 5.56 Å². The van der Waals surface area contributed by atoms with E-state index in [0.717, 1.165) is 11.1 Å². The fourth-order valence-corrected chi connectivity index (χ4v) is 3.45. The molecule has 0 spiro atoms. The molecule has 0 fully saturated rings. The minimum absolute atomic E-state index is 0.0898. The molecule has 0 aliphatic heterocycles. The molecule has 0 saturated heterocycles. The van der Waals surface area contributed by atoms with Crippen molar-refractivity contribution in [1.29, 1.82) is 0 Å². The zero-order valence-electron chi connectivity index (χ0n) is 15.5. The van der Waals surface area contributed by atoms with E-state index in [2.05, 4.69) is 0 Å². The molecule has 0 unspecified atom stereocenters. The zero-order chi connectivity index (χ0) is 21.3. The summed E-state index contributed by atoms with van der Waals surface area (Å²) in [5.74, 6) is -9.24. The number of halogens is 5. The molecule has 4 aromatic carbocycles. The average molecular weight is 409 g/mol. The van der Waals surface area contributed by atoms with Crippen molar-refractivity contribution in [2.75, 3.05) is 0 Å². The van der Waals surface area contributed by atoms with Crippen LogP contribution in [0, 0.1) is 35.0 Å². The Morgan fingerprint density at radius 2 is 0.833 bits per heavy atom. The fraction of sp³-hybridized carbons (Fsp3) is 0. The maximum absolute atomic E-state index is 14.6. The Kier molecular flexibility index (Phi) is 5.27. The van der Waals surface area contributed by atoms with E-state index in [1.165, 1.54) is 12.1 Å². The molecule has 0 nitrogen and oxygen atoms in total. The summed E-state index contributed by atoms with van der Waals surface area (Å²) in [7, 11) is 0. The van der Waals surface area contributed by atoms with Gasteiger partial charge in [0, 0.05) is 5.56 Å². The highest BCUT2D eigenvalue weighted by atomic mass is 19.2. The van der Waals surface area contributed by atoms with Crippen LogP contribution in [0.3, 0.4) is 0 Å². The van der Waals surface area contributed by atoms with E-state index in [9.17, 15) is 22.0 Å². The summed E-state index contributed by atoms with van der Waals surface area (Å²) in [4.78, 5) is 0. The SMILES string of the molecule is Fc1c(F)c(F)c(-c2ccccc2[C+](c2ccccc2)c2ccccc2)c(F)c1F. The average Bonchev–Trinajstić information content (AvgIpc) is 2.79. The molecule has 148 valence electrons. The Hall–Kier alpha value is -3.60. The summed E-state index contributed by atoms with van der Waals surface area (Å²) in [6.07, 6.45) is 0. The Balaban J connectivity index is 2.03. The first kappa shape index (κ1) is 19.7. The maximum Gasteiger partial charge on any atom is 0.200 e. The summed E-state index contributed by atoms with van der Waals surface area (Å²) in [6, 6.07) is 24.2. The number of hydrogen-bond donors (Lipinski definition) is 0. The lowest BCUT2D eigenvalue weighted by Gasteiger charge is -2.17. The van der Waals surface area contributed by atoms with Crippen molar-refractivity contribution in [2.45, 2.75) is 0 Å². The van der Waals surface area contributed by atoms with E-state index in [4.69, 9.17) is 0 Å². The van der Waals surface area contributed by atoms with Crippen LogP contribution in [0.25, 0.3) is 11.1 Å². The van der Waals surface area contributed by atoms with Crippen molar-refractivity contribution in [2.24, 2.45) is 0 Å². The van der Waals surface area contributed by atoms with E-state index < -0.39 is 34.6 Å². The summed E-state index contributed by atoms with van der Waals surface area (Å²) in [6.45, 7) is 0. The Morgan fingerprint density at radius 1 is 0.433 bits per heavy atom. The van der Waals surface area contributed by atoms with Crippen molar-refractivity contribution in [1.82, 2.24) is 0 Å². The third-order valence-corrected chi connectivity index (χ3v) is 4.80. The molecule has 4 aromatic rings. The molecular weight excluding hydrogens is 395 g/mol. The van der Waals surface area contributed by atoms with E-state index in [0.29, 0.717) is 11.5 Å². The molecule has 0 bridgehead atoms. The van der Waals surface area contributed by atoms with Gasteiger partial charge in [-0.05, 0) is 66.7 Å². The molecule has 5 heteroatoms. The number of hydrogen-bond acceptors (Lipinski definition) is 0. The minimum Gasteiger partial charge on any atom is -0.202 e. The molecule has 0 aliphatic rings. The maximum atomic E-state index is 14.6. The summed E-state index contributed by atoms with van der Waals surface area (Å²) in [5.41, 5.74) is 0.775. The van der Waals surface area contributed by atoms with Gasteiger partial charge in [-0.25, -0.2) is 22.0 Å². The van der Waals surface area contributed by atoms with Crippen molar-refractivity contribution < 1.29 is 22.0 Å². The zero-order valence-corrected chi connectivity index (χ0v) is 15.5. The van der Waals surface area contributed by atoms with Gasteiger partial charge < -0.3 is 0 Å². The van der Waals surface area contributed by atoms with Crippen LogP contribution in [-0.2, 0) is 0 Å². The molecule has 0 aliphatic carbocycles. The van der Waals surface area contributed by atoms with E-state index in [1.807, 2.05) is 36.4 Å². The predicted molar refractivity (Wildman–Crippen MR) is 105 cm³/mol. The topological polar surface area (TPSA) is 0 Å². The van der Waals surface area contributed by atoms with Crippen molar-refractivity contribution in [3.63, 3.8) is 0 Å². The van der Waals surface area contributed by atoms with Crippen LogP contribution in [0.4, 0.5) is 22.0 Å². The first-order valence-corrected chi connectivity index (χ1v) is 9.09. The van der Waals surface area contributed by atoms with E-state index in [1.54, 1.807) is 36.4 Å². The van der Waals surface area contributed by atoms with Gasteiger partial charge in [0.1, 0.15) is 0 Å². The highest BCUT2D eigenvalue weighted by Crippen LogP contribution is 2.40. The first-order chi connectivity index (χ1) is 14.5. The molecule has 30 heavy (non-hydrogen) atoms. The van der Waals surface area contributed by atoms with Crippen LogP contribution in [0.5, 0.6) is 0 Å². The van der Waals surface area contributed by atoms with Gasteiger partial charge in [0.15, 0.2) is 23.3 Å². The Bertz CT molecular complexity index is 1120. The molecule has 0 atom stereocenters. The second kappa shape index (κ2) is 8.03. The summed E-state index contributed by atoms with van der Waals surface area (Å²) < 4.78 is 70.6. The third kappa shape index (κ3) is 3.32. The van der Waals surface area contributed by atoms with Gasteiger partial charge in [-0.3, -0.25) is 0 Å². The quantitative estimate of drug-likeness (QED) is 0.111. The van der Waals surface area contributed by atoms with Crippen LogP contribution >= 0.6 is 0 Å². The molecule has 4 rings (SSSR count). The molecule has 0 aromatic heterocycles. The lowest BCUT2D eigenvalue weighted by Crippen LogP contribution is -2.09. The van der Waals surface area contributed by atoms with Crippen molar-refractivity contribution in [3.05, 3.63) is 137 Å². The van der Waals surface area contributed by atoms with Crippen molar-refractivity contribution >= 4 is 0 Å². The number of benzene rings is 4. The lowest BCUT2D eigenvalue weighted by atomic mass is 9.81. The second-order valence-electron chi connectivity index (χ2n) is 6.60. The Morgan fingerprint density at radius 3 is 1.33 bits per heavy atom. The smallest absolute Gasteiger partial charge is 0.200 e. The number of rotatable bonds is 4. The highest BCUT2D eigenvalue weighted by Gasteiger charge is 2.32. The van der Waals surface area contributed by atoms with Gasteiger partial charge in [-0.15, -0.1) is 0 Å². The Labute approximate surface area is 170 Å². The molecule has 0 N–H and O–H groups in total. The normalized spacial score (nSPS) is 10.8. The molecule has 0 saturated carbocycles. The summed E-state index contributed by atoms with van der Waals surface area (Å²) in [5, 5.41) is 0. The van der Waals surface area contributed by atoms with Gasteiger partial charge >= 0.3 is 0 Å². The van der Waals surface area contributed by atoms with E-state index >= 15 is 0 Å². The van der Waals surface area contributed by atoms with Crippen LogP contribution in [-0.4, -0.2) is 0 Å². The third-order valence-electron chi connectivity index (χ3n) is 4.80. The standard InChI is InChI=1S/C25H14F5/c26-21-20(22(27)24(29)25(30)23(21)28)18-14-8-7-13-17(18)19(15-9-3-1-4-10-15)16-11-5-2-6-12-16/h1-14H/q+1. The largest absolute Gasteiger partial charge is 0.202 e. The monoisotopic (exact) mass is 409 g/mol. The molecule has 0 amide bonds. The molecule has 0 radical (unpaired) electrons. The van der Waals surface area contributed by atoms with Crippen LogP contribution in [0.2, 0.25) is 0 Å². The predicted octanol–water partition coefficient (Wildman–Crippen LogP) is 7.07. The highest BCUT2D eigenvalue weighted by molar-refractivity contribution is 5.76. The van der Waals surface area contributed by atoms with Crippen LogP contribution < -0.4 is 0 Å². The summed E-state index contributed by atoms with van der Waals surface area (Å²) >= 11 is 0. The molecule has 0 heterocycles.